The number of carbonyl (C=O) groups excluding carboxylic acids is 1. The van der Waals surface area contributed by atoms with Gasteiger partial charge in [0.05, 0.1) is 18.8 Å². The number of aryl methyl sites for hydroxylation is 1. The standard InChI is InChI=1S/C11H16N2O2/c1-3-10-8(6-15-11(10)14)4-9-5-12-7-13(9)2/h5,7-8,10H,3-4,6H2,1-2H3/t8-,10-/m0/s1/i2D3,8D,10D. The minimum atomic E-state index is -2.40. The fourth-order valence-corrected chi connectivity index (χ4v) is 1.70. The summed E-state index contributed by atoms with van der Waals surface area (Å²) >= 11 is 0. The molecule has 0 N–H and O–H groups in total. The van der Waals surface area contributed by atoms with Crippen molar-refractivity contribution in [3.8, 4) is 0 Å². The molecule has 0 saturated carbocycles. The molecule has 0 bridgehead atoms. The van der Waals surface area contributed by atoms with Crippen LogP contribution in [-0.2, 0) is 22.9 Å². The Labute approximate surface area is 96.3 Å². The van der Waals surface area contributed by atoms with Crippen LogP contribution < -0.4 is 0 Å². The molecule has 1 aliphatic heterocycles. The van der Waals surface area contributed by atoms with Crippen LogP contribution in [0, 0.1) is 11.8 Å². The molecule has 4 heteroatoms. The average molecular weight is 213 g/mol. The largest absolute Gasteiger partial charge is 0.465 e. The molecular formula is C11H16N2O2. The lowest BCUT2D eigenvalue weighted by Crippen LogP contribution is -2.18. The Hall–Kier alpha value is -1.32. The summed E-state index contributed by atoms with van der Waals surface area (Å²) in [5.74, 6) is -3.92. The molecule has 1 fully saturated rings. The van der Waals surface area contributed by atoms with Crippen LogP contribution in [0.15, 0.2) is 12.5 Å². The number of nitrogens with zero attached hydrogens (tertiary/aromatic N) is 2. The van der Waals surface area contributed by atoms with Gasteiger partial charge in [-0.1, -0.05) is 6.92 Å². The Morgan fingerprint density at radius 1 is 1.87 bits per heavy atom. The maximum Gasteiger partial charge on any atom is 0.309 e. The van der Waals surface area contributed by atoms with E-state index in [0.717, 1.165) is 4.57 Å². The average Bonchev–Trinajstić information content (AvgIpc) is 2.89. The Balaban J connectivity index is 2.35. The number of hydrogen-bond acceptors (Lipinski definition) is 3. The molecule has 1 aromatic heterocycles. The second-order valence-electron chi connectivity index (χ2n) is 3.44. The SMILES string of the molecule is [2H]C([2H])([2H])n1cncc1C[C@@]1([2H])COC(=O)[C@@]1([2H])CC. The quantitative estimate of drug-likeness (QED) is 0.708. The smallest absolute Gasteiger partial charge is 0.309 e. The molecule has 0 spiro atoms. The van der Waals surface area contributed by atoms with E-state index in [-0.39, 0.29) is 19.4 Å². The Morgan fingerprint density at radius 2 is 2.73 bits per heavy atom. The third kappa shape index (κ3) is 1.89. The van der Waals surface area contributed by atoms with Crippen LogP contribution in [0.4, 0.5) is 0 Å². The highest BCUT2D eigenvalue weighted by atomic mass is 16.5. The van der Waals surface area contributed by atoms with Gasteiger partial charge in [-0.2, -0.15) is 0 Å². The molecule has 82 valence electrons. The molecule has 1 aromatic rings. The highest BCUT2D eigenvalue weighted by molar-refractivity contribution is 5.74. The minimum Gasteiger partial charge on any atom is -0.465 e. The van der Waals surface area contributed by atoms with E-state index < -0.39 is 24.7 Å². The molecule has 2 rings (SSSR count). The van der Waals surface area contributed by atoms with Gasteiger partial charge in [0, 0.05) is 31.6 Å². The lowest BCUT2D eigenvalue weighted by molar-refractivity contribution is -0.141. The Kier molecular flexibility index (Phi) is 1.53. The first-order valence-electron chi connectivity index (χ1n) is 7.33. The van der Waals surface area contributed by atoms with Gasteiger partial charge < -0.3 is 9.30 Å². The third-order valence-corrected chi connectivity index (χ3v) is 2.51. The van der Waals surface area contributed by atoms with Gasteiger partial charge in [0.15, 0.2) is 0 Å². The number of esters is 1. The summed E-state index contributed by atoms with van der Waals surface area (Å²) < 4.78 is 44.6. The van der Waals surface area contributed by atoms with Crippen LogP contribution in [0.25, 0.3) is 0 Å². The number of aromatic nitrogens is 2. The number of carbonyl (C=O) groups is 1. The number of hydrogen-bond donors (Lipinski definition) is 0. The molecule has 2 atom stereocenters. The van der Waals surface area contributed by atoms with Gasteiger partial charge in [-0.3, -0.25) is 4.79 Å². The van der Waals surface area contributed by atoms with E-state index in [1.54, 1.807) is 6.92 Å². The van der Waals surface area contributed by atoms with E-state index in [0.29, 0.717) is 5.69 Å². The van der Waals surface area contributed by atoms with Crippen molar-refractivity contribution in [2.24, 2.45) is 18.8 Å². The molecular weight excluding hydrogens is 192 g/mol. The summed E-state index contributed by atoms with van der Waals surface area (Å²) in [6, 6.07) is 0. The van der Waals surface area contributed by atoms with E-state index >= 15 is 0 Å². The zero-order valence-electron chi connectivity index (χ0n) is 13.5. The van der Waals surface area contributed by atoms with Gasteiger partial charge in [0.25, 0.3) is 0 Å². The molecule has 2 heterocycles. The zero-order chi connectivity index (χ0) is 15.2. The van der Waals surface area contributed by atoms with Crippen LogP contribution >= 0.6 is 0 Å². The van der Waals surface area contributed by atoms with Crippen LogP contribution in [-0.4, -0.2) is 22.1 Å². The minimum absolute atomic E-state index is 0.0749. The van der Waals surface area contributed by atoms with Gasteiger partial charge in [-0.05, 0) is 12.8 Å². The summed E-state index contributed by atoms with van der Waals surface area (Å²) in [6.07, 6.45) is 2.58. The van der Waals surface area contributed by atoms with E-state index in [1.807, 2.05) is 0 Å². The maximum absolute atomic E-state index is 11.7. The first kappa shape index (κ1) is 5.68. The molecule has 4 nitrogen and oxygen atoms in total. The highest BCUT2D eigenvalue weighted by Gasteiger charge is 2.35. The van der Waals surface area contributed by atoms with Crippen molar-refractivity contribution in [3.63, 3.8) is 0 Å². The van der Waals surface area contributed by atoms with Gasteiger partial charge >= 0.3 is 5.97 Å². The number of rotatable bonds is 3. The van der Waals surface area contributed by atoms with E-state index in [4.69, 9.17) is 11.6 Å². The number of cyclic esters (lactones) is 1. The first-order chi connectivity index (χ1) is 9.14. The van der Waals surface area contributed by atoms with Gasteiger partial charge in [0.2, 0.25) is 0 Å². The molecule has 0 unspecified atom stereocenters. The predicted molar refractivity (Wildman–Crippen MR) is 55.1 cm³/mol. The van der Waals surface area contributed by atoms with E-state index in [1.165, 1.54) is 12.5 Å². The van der Waals surface area contributed by atoms with Crippen molar-refractivity contribution in [3.05, 3.63) is 18.2 Å². The fourth-order valence-electron chi connectivity index (χ4n) is 1.70. The van der Waals surface area contributed by atoms with Crippen LogP contribution in [0.5, 0.6) is 0 Å². The van der Waals surface area contributed by atoms with Crippen molar-refractivity contribution in [2.75, 3.05) is 6.61 Å². The van der Waals surface area contributed by atoms with Gasteiger partial charge in [-0.25, -0.2) is 4.98 Å². The van der Waals surface area contributed by atoms with Crippen LogP contribution in [0.3, 0.4) is 0 Å². The maximum atomic E-state index is 11.7. The number of ether oxygens (including phenoxy) is 1. The van der Waals surface area contributed by atoms with E-state index in [2.05, 4.69) is 4.98 Å². The summed E-state index contributed by atoms with van der Waals surface area (Å²) in [5.41, 5.74) is 0.295. The normalized spacial score (nSPS) is 41.1. The second-order valence-corrected chi connectivity index (χ2v) is 3.44. The zero-order valence-corrected chi connectivity index (χ0v) is 8.49. The van der Waals surface area contributed by atoms with E-state index in [9.17, 15) is 4.79 Å². The predicted octanol–water partition coefficient (Wildman–Crippen LogP) is 1.16. The lowest BCUT2D eigenvalue weighted by Gasteiger charge is -2.12. The summed E-state index contributed by atoms with van der Waals surface area (Å²) in [4.78, 5) is 15.5. The van der Waals surface area contributed by atoms with Crippen molar-refractivity contribution >= 4 is 5.97 Å². The fraction of sp³-hybridized carbons (Fsp3) is 0.636. The second kappa shape index (κ2) is 4.04. The molecule has 15 heavy (non-hydrogen) atoms. The molecule has 1 aliphatic rings. The Morgan fingerprint density at radius 3 is 3.47 bits per heavy atom. The molecule has 1 saturated heterocycles. The third-order valence-electron chi connectivity index (χ3n) is 2.51. The van der Waals surface area contributed by atoms with Gasteiger partial charge in [0.1, 0.15) is 0 Å². The van der Waals surface area contributed by atoms with Crippen molar-refractivity contribution in [2.45, 2.75) is 19.8 Å². The summed E-state index contributed by atoms with van der Waals surface area (Å²) in [7, 11) is 0. The monoisotopic (exact) mass is 213 g/mol. The van der Waals surface area contributed by atoms with Crippen molar-refractivity contribution in [1.82, 2.24) is 9.55 Å². The Bertz CT molecular complexity index is 529. The molecule has 0 aromatic carbocycles. The summed E-state index contributed by atoms with van der Waals surface area (Å²) in [6.45, 7) is -0.970. The molecule has 0 amide bonds. The first-order valence-corrected chi connectivity index (χ1v) is 4.83. The highest BCUT2D eigenvalue weighted by Crippen LogP contribution is 2.27. The van der Waals surface area contributed by atoms with Crippen LogP contribution in [0.2, 0.25) is 0 Å². The lowest BCUT2D eigenvalue weighted by atomic mass is 9.89. The topological polar surface area (TPSA) is 44.1 Å². The molecule has 0 radical (unpaired) electrons. The number of imidazole rings is 1. The molecule has 0 aliphatic carbocycles. The van der Waals surface area contributed by atoms with Crippen molar-refractivity contribution < 1.29 is 16.4 Å². The summed E-state index contributed by atoms with van der Waals surface area (Å²) in [5, 5.41) is 0. The van der Waals surface area contributed by atoms with Gasteiger partial charge in [-0.15, -0.1) is 0 Å². The van der Waals surface area contributed by atoms with Crippen LogP contribution in [0.1, 0.15) is 25.9 Å². The van der Waals surface area contributed by atoms with Crippen molar-refractivity contribution in [1.29, 1.82) is 0 Å².